The van der Waals surface area contributed by atoms with Gasteiger partial charge < -0.3 is 10.8 Å². The third kappa shape index (κ3) is 2.53. The van der Waals surface area contributed by atoms with Gasteiger partial charge in [-0.3, -0.25) is 0 Å². The average molecular weight is 199 g/mol. The molecule has 1 heterocycles. The van der Waals surface area contributed by atoms with Crippen molar-refractivity contribution in [3.63, 3.8) is 0 Å². The molecule has 74 valence electrons. The molecule has 0 bridgehead atoms. The van der Waals surface area contributed by atoms with Gasteiger partial charge in [0, 0.05) is 0 Å². The zero-order valence-electron chi connectivity index (χ0n) is 8.32. The first-order valence-corrected chi connectivity index (χ1v) is 5.33. The van der Waals surface area contributed by atoms with Crippen LogP contribution in [0.5, 0.6) is 0 Å². The van der Waals surface area contributed by atoms with Crippen molar-refractivity contribution in [3.05, 3.63) is 22.4 Å². The summed E-state index contributed by atoms with van der Waals surface area (Å²) in [7, 11) is 0. The van der Waals surface area contributed by atoms with Crippen LogP contribution in [0.15, 0.2) is 16.8 Å². The molecule has 2 nitrogen and oxygen atoms in total. The van der Waals surface area contributed by atoms with E-state index in [4.69, 9.17) is 5.73 Å². The first kappa shape index (κ1) is 10.7. The van der Waals surface area contributed by atoms with Gasteiger partial charge in [0.05, 0.1) is 12.1 Å². The number of hydrogen-bond acceptors (Lipinski definition) is 3. The van der Waals surface area contributed by atoms with Crippen molar-refractivity contribution < 1.29 is 5.11 Å². The number of rotatable bonds is 2. The van der Waals surface area contributed by atoms with Crippen LogP contribution in [-0.2, 0) is 0 Å². The van der Waals surface area contributed by atoms with Gasteiger partial charge in [0.15, 0.2) is 0 Å². The van der Waals surface area contributed by atoms with Gasteiger partial charge in [-0.25, -0.2) is 0 Å². The first-order valence-electron chi connectivity index (χ1n) is 4.38. The fourth-order valence-corrected chi connectivity index (χ4v) is 1.89. The highest BCUT2D eigenvalue weighted by molar-refractivity contribution is 7.07. The molecule has 0 radical (unpaired) electrons. The van der Waals surface area contributed by atoms with E-state index >= 15 is 0 Å². The molecular formula is C10H17NOS. The maximum atomic E-state index is 9.91. The highest BCUT2D eigenvalue weighted by atomic mass is 32.1. The molecule has 0 aromatic carbocycles. The van der Waals surface area contributed by atoms with Crippen molar-refractivity contribution in [1.82, 2.24) is 0 Å². The van der Waals surface area contributed by atoms with Crippen LogP contribution in [0, 0.1) is 5.41 Å². The van der Waals surface area contributed by atoms with Gasteiger partial charge in [-0.15, -0.1) is 0 Å². The fraction of sp³-hybridized carbons (Fsp3) is 0.600. The predicted molar refractivity (Wildman–Crippen MR) is 56.7 cm³/mol. The van der Waals surface area contributed by atoms with E-state index in [2.05, 4.69) is 0 Å². The molecular weight excluding hydrogens is 182 g/mol. The molecule has 0 aliphatic heterocycles. The van der Waals surface area contributed by atoms with Crippen LogP contribution in [0.1, 0.15) is 32.4 Å². The molecule has 2 unspecified atom stereocenters. The van der Waals surface area contributed by atoms with Gasteiger partial charge in [-0.05, 0) is 27.8 Å². The smallest absolute Gasteiger partial charge is 0.0781 e. The lowest BCUT2D eigenvalue weighted by atomic mass is 9.83. The van der Waals surface area contributed by atoms with Gasteiger partial charge in [0.2, 0.25) is 0 Å². The van der Waals surface area contributed by atoms with Crippen molar-refractivity contribution in [1.29, 1.82) is 0 Å². The molecule has 0 fully saturated rings. The Morgan fingerprint density at radius 2 is 2.08 bits per heavy atom. The Bertz CT molecular complexity index is 250. The summed E-state index contributed by atoms with van der Waals surface area (Å²) in [6.07, 6.45) is -0.498. The number of aliphatic hydroxyl groups is 1. The predicted octanol–water partition coefficient (Wildman–Crippen LogP) is 2.15. The summed E-state index contributed by atoms with van der Waals surface area (Å²) in [5, 5.41) is 13.9. The number of hydrogen-bond donors (Lipinski definition) is 2. The second-order valence-corrected chi connectivity index (χ2v) is 5.17. The summed E-state index contributed by atoms with van der Waals surface area (Å²) >= 11 is 1.60. The highest BCUT2D eigenvalue weighted by Gasteiger charge is 2.28. The molecule has 0 saturated heterocycles. The summed E-state index contributed by atoms with van der Waals surface area (Å²) in [5.74, 6) is 0. The lowest BCUT2D eigenvalue weighted by Gasteiger charge is -2.30. The van der Waals surface area contributed by atoms with E-state index in [1.807, 2.05) is 37.6 Å². The second-order valence-electron chi connectivity index (χ2n) is 4.39. The van der Waals surface area contributed by atoms with Crippen molar-refractivity contribution in [3.8, 4) is 0 Å². The number of nitrogens with two attached hydrogens (primary N) is 1. The van der Waals surface area contributed by atoms with E-state index in [-0.39, 0.29) is 11.5 Å². The minimum absolute atomic E-state index is 0.165. The third-order valence-electron chi connectivity index (χ3n) is 2.16. The van der Waals surface area contributed by atoms with Crippen molar-refractivity contribution in [2.75, 3.05) is 0 Å². The Hall–Kier alpha value is -0.380. The molecule has 0 saturated carbocycles. The van der Waals surface area contributed by atoms with E-state index in [1.54, 1.807) is 11.3 Å². The molecule has 0 spiro atoms. The molecule has 1 rings (SSSR count). The summed E-state index contributed by atoms with van der Waals surface area (Å²) < 4.78 is 0. The van der Waals surface area contributed by atoms with Crippen molar-refractivity contribution >= 4 is 11.3 Å². The summed E-state index contributed by atoms with van der Waals surface area (Å²) in [6.45, 7) is 5.97. The Morgan fingerprint density at radius 1 is 1.46 bits per heavy atom. The number of aliphatic hydroxyl groups excluding tert-OH is 1. The lowest BCUT2D eigenvalue weighted by molar-refractivity contribution is 0.0402. The second kappa shape index (κ2) is 3.78. The number of thiophene rings is 1. The SMILES string of the molecule is CC(C)(C)C(O)C(N)c1ccsc1. The van der Waals surface area contributed by atoms with E-state index < -0.39 is 6.10 Å². The molecule has 0 amide bonds. The summed E-state index contributed by atoms with van der Waals surface area (Å²) in [4.78, 5) is 0. The molecule has 1 aromatic rings. The zero-order valence-corrected chi connectivity index (χ0v) is 9.14. The highest BCUT2D eigenvalue weighted by Crippen LogP contribution is 2.29. The molecule has 3 heteroatoms. The van der Waals surface area contributed by atoms with Crippen LogP contribution in [0.3, 0.4) is 0 Å². The average Bonchev–Trinajstić information content (AvgIpc) is 2.51. The minimum Gasteiger partial charge on any atom is -0.391 e. The van der Waals surface area contributed by atoms with Gasteiger partial charge >= 0.3 is 0 Å². The fourth-order valence-electron chi connectivity index (χ4n) is 1.19. The maximum Gasteiger partial charge on any atom is 0.0781 e. The summed E-state index contributed by atoms with van der Waals surface area (Å²) in [6, 6.07) is 1.69. The monoisotopic (exact) mass is 199 g/mol. The van der Waals surface area contributed by atoms with Crippen LogP contribution < -0.4 is 5.73 Å². The Balaban J connectivity index is 2.74. The Kier molecular flexibility index (Phi) is 3.11. The van der Waals surface area contributed by atoms with E-state index in [9.17, 15) is 5.11 Å². The third-order valence-corrected chi connectivity index (χ3v) is 2.86. The first-order chi connectivity index (χ1) is 5.93. The van der Waals surface area contributed by atoms with Gasteiger partial charge in [-0.1, -0.05) is 20.8 Å². The molecule has 3 N–H and O–H groups in total. The maximum absolute atomic E-state index is 9.91. The Labute approximate surface area is 83.4 Å². The summed E-state index contributed by atoms with van der Waals surface area (Å²) in [5.41, 5.74) is 6.78. The van der Waals surface area contributed by atoms with Crippen LogP contribution in [0.2, 0.25) is 0 Å². The molecule has 0 aliphatic carbocycles. The zero-order chi connectivity index (χ0) is 10.1. The van der Waals surface area contributed by atoms with Crippen molar-refractivity contribution in [2.45, 2.75) is 32.9 Å². The van der Waals surface area contributed by atoms with E-state index in [1.165, 1.54) is 0 Å². The van der Waals surface area contributed by atoms with Crippen LogP contribution in [0.25, 0.3) is 0 Å². The normalized spacial score (nSPS) is 17.0. The quantitative estimate of drug-likeness (QED) is 0.766. The molecule has 2 atom stereocenters. The van der Waals surface area contributed by atoms with Crippen LogP contribution >= 0.6 is 11.3 Å². The largest absolute Gasteiger partial charge is 0.391 e. The van der Waals surface area contributed by atoms with Gasteiger partial charge in [0.1, 0.15) is 0 Å². The van der Waals surface area contributed by atoms with E-state index in [0.29, 0.717) is 0 Å². The Morgan fingerprint density at radius 3 is 2.46 bits per heavy atom. The van der Waals surface area contributed by atoms with Crippen molar-refractivity contribution in [2.24, 2.45) is 11.1 Å². The van der Waals surface area contributed by atoms with Gasteiger partial charge in [-0.2, -0.15) is 11.3 Å². The minimum atomic E-state index is -0.498. The van der Waals surface area contributed by atoms with E-state index in [0.717, 1.165) is 5.56 Å². The van der Waals surface area contributed by atoms with Gasteiger partial charge in [0.25, 0.3) is 0 Å². The molecule has 1 aromatic heterocycles. The molecule has 13 heavy (non-hydrogen) atoms. The van der Waals surface area contributed by atoms with Crippen LogP contribution in [0.4, 0.5) is 0 Å². The molecule has 0 aliphatic rings. The lowest BCUT2D eigenvalue weighted by Crippen LogP contribution is -2.36. The standard InChI is InChI=1S/C10H17NOS/c1-10(2,3)9(12)8(11)7-4-5-13-6-7/h4-6,8-9,12H,11H2,1-3H3. The topological polar surface area (TPSA) is 46.2 Å². The van der Waals surface area contributed by atoms with Crippen LogP contribution in [-0.4, -0.2) is 11.2 Å².